The molecule has 0 spiro atoms. The van der Waals surface area contributed by atoms with Crippen molar-refractivity contribution in [2.45, 2.75) is 46.6 Å². The summed E-state index contributed by atoms with van der Waals surface area (Å²) in [6.07, 6.45) is 2.41. The van der Waals surface area contributed by atoms with Gasteiger partial charge in [-0.05, 0) is 40.5 Å². The van der Waals surface area contributed by atoms with E-state index in [4.69, 9.17) is 10.5 Å². The molecule has 0 aromatic heterocycles. The fourth-order valence-electron chi connectivity index (χ4n) is 1.37. The van der Waals surface area contributed by atoms with Gasteiger partial charge in [0.2, 0.25) is 0 Å². The van der Waals surface area contributed by atoms with Gasteiger partial charge in [-0.15, -0.1) is 0 Å². The largest absolute Gasteiger partial charge is 0.379 e. The van der Waals surface area contributed by atoms with Crippen molar-refractivity contribution in [3.63, 3.8) is 0 Å². The minimum Gasteiger partial charge on any atom is -0.379 e. The second-order valence-electron chi connectivity index (χ2n) is 4.04. The van der Waals surface area contributed by atoms with Gasteiger partial charge in [-0.1, -0.05) is 0 Å². The number of ether oxygens (including phenoxy) is 1. The van der Waals surface area contributed by atoms with Crippen LogP contribution in [-0.4, -0.2) is 43.2 Å². The van der Waals surface area contributed by atoms with Crippen molar-refractivity contribution < 1.29 is 4.74 Å². The van der Waals surface area contributed by atoms with Crippen LogP contribution in [0.4, 0.5) is 0 Å². The van der Waals surface area contributed by atoms with Gasteiger partial charge in [0, 0.05) is 26.2 Å². The summed E-state index contributed by atoms with van der Waals surface area (Å²) in [6.45, 7) is 11.7. The second kappa shape index (κ2) is 9.46. The quantitative estimate of drug-likeness (QED) is 0.392. The minimum absolute atomic E-state index is 0.323. The average molecular weight is 229 g/mol. The lowest BCUT2D eigenvalue weighted by Gasteiger charge is -2.19. The lowest BCUT2D eigenvalue weighted by atomic mass is 10.3. The third-order valence-corrected chi connectivity index (χ3v) is 2.36. The lowest BCUT2D eigenvalue weighted by Crippen LogP contribution is -2.37. The van der Waals surface area contributed by atoms with E-state index in [2.05, 4.69) is 37.6 Å². The summed E-state index contributed by atoms with van der Waals surface area (Å²) in [5, 5.41) is 0. The Bertz CT molecular complexity index is 189. The number of hydrogen-bond acceptors (Lipinski definition) is 2. The fourth-order valence-corrected chi connectivity index (χ4v) is 1.37. The molecular formula is C12H27N3O. The van der Waals surface area contributed by atoms with E-state index in [0.29, 0.717) is 12.1 Å². The molecule has 16 heavy (non-hydrogen) atoms. The van der Waals surface area contributed by atoms with E-state index in [9.17, 15) is 0 Å². The van der Waals surface area contributed by atoms with Crippen LogP contribution in [0.2, 0.25) is 0 Å². The molecule has 4 nitrogen and oxygen atoms in total. The molecule has 0 aromatic rings. The summed E-state index contributed by atoms with van der Waals surface area (Å²) in [5.41, 5.74) is 5.85. The Hall–Kier alpha value is -0.770. The molecule has 0 unspecified atom stereocenters. The van der Waals surface area contributed by atoms with Crippen LogP contribution in [0.5, 0.6) is 0 Å². The number of aliphatic imine (C=N–C) groups is 1. The first-order chi connectivity index (χ1) is 7.61. The molecule has 0 bridgehead atoms. The predicted molar refractivity (Wildman–Crippen MR) is 69.7 cm³/mol. The maximum atomic E-state index is 5.85. The van der Waals surface area contributed by atoms with Gasteiger partial charge in [0.25, 0.3) is 0 Å². The molecule has 96 valence electrons. The molecule has 0 fully saturated rings. The smallest absolute Gasteiger partial charge is 0.191 e. The highest BCUT2D eigenvalue weighted by molar-refractivity contribution is 5.77. The molecule has 0 heterocycles. The van der Waals surface area contributed by atoms with Crippen LogP contribution in [0.15, 0.2) is 4.99 Å². The number of nitrogens with zero attached hydrogens (tertiary/aromatic N) is 2. The Morgan fingerprint density at radius 3 is 2.38 bits per heavy atom. The lowest BCUT2D eigenvalue weighted by molar-refractivity contribution is 0.0763. The molecular weight excluding hydrogens is 202 g/mol. The summed E-state index contributed by atoms with van der Waals surface area (Å²) >= 11 is 0. The molecule has 4 heteroatoms. The summed E-state index contributed by atoms with van der Waals surface area (Å²) in [5.74, 6) is 0.662. The molecule has 0 amide bonds. The van der Waals surface area contributed by atoms with Crippen LogP contribution in [0, 0.1) is 0 Å². The first-order valence-electron chi connectivity index (χ1n) is 6.28. The maximum Gasteiger partial charge on any atom is 0.191 e. The van der Waals surface area contributed by atoms with Gasteiger partial charge in [0.15, 0.2) is 5.96 Å². The monoisotopic (exact) mass is 229 g/mol. The Morgan fingerprint density at radius 1 is 1.25 bits per heavy atom. The highest BCUT2D eigenvalue weighted by Crippen LogP contribution is 1.95. The van der Waals surface area contributed by atoms with E-state index >= 15 is 0 Å². The molecule has 0 saturated carbocycles. The molecule has 0 aliphatic rings. The molecule has 0 rings (SSSR count). The number of guanidine groups is 1. The zero-order valence-electron chi connectivity index (χ0n) is 11.2. The zero-order chi connectivity index (χ0) is 12.4. The van der Waals surface area contributed by atoms with Crippen molar-refractivity contribution in [3.05, 3.63) is 0 Å². The van der Waals surface area contributed by atoms with E-state index in [1.165, 1.54) is 0 Å². The van der Waals surface area contributed by atoms with Crippen molar-refractivity contribution in [1.29, 1.82) is 0 Å². The van der Waals surface area contributed by atoms with Crippen LogP contribution in [0.25, 0.3) is 0 Å². The average Bonchev–Trinajstić information content (AvgIpc) is 2.24. The fraction of sp³-hybridized carbons (Fsp3) is 0.917. The van der Waals surface area contributed by atoms with Crippen molar-refractivity contribution in [2.24, 2.45) is 10.7 Å². The first-order valence-corrected chi connectivity index (χ1v) is 6.28. The van der Waals surface area contributed by atoms with Gasteiger partial charge in [0.05, 0.1) is 6.10 Å². The van der Waals surface area contributed by atoms with Crippen LogP contribution < -0.4 is 5.73 Å². The van der Waals surface area contributed by atoms with Crippen molar-refractivity contribution in [1.82, 2.24) is 4.90 Å². The van der Waals surface area contributed by atoms with Crippen molar-refractivity contribution in [2.75, 3.05) is 26.2 Å². The Kier molecular flexibility index (Phi) is 9.00. The van der Waals surface area contributed by atoms with Crippen LogP contribution >= 0.6 is 0 Å². The highest BCUT2D eigenvalue weighted by atomic mass is 16.5. The molecule has 0 aliphatic carbocycles. The van der Waals surface area contributed by atoms with E-state index in [1.807, 2.05) is 0 Å². The zero-order valence-corrected chi connectivity index (χ0v) is 11.2. The van der Waals surface area contributed by atoms with Crippen LogP contribution in [-0.2, 0) is 4.74 Å². The standard InChI is InChI=1S/C12H27N3O/c1-5-15(6-2)12(13)14-9-7-8-10-16-11(3)4/h11H,5-10H2,1-4H3,(H2,13,14). The normalized spacial score (nSPS) is 12.2. The molecule has 0 saturated heterocycles. The second-order valence-corrected chi connectivity index (χ2v) is 4.04. The van der Waals surface area contributed by atoms with Gasteiger partial charge >= 0.3 is 0 Å². The molecule has 0 aromatic carbocycles. The third-order valence-electron chi connectivity index (χ3n) is 2.36. The van der Waals surface area contributed by atoms with Gasteiger partial charge in [0.1, 0.15) is 0 Å². The number of hydrogen-bond donors (Lipinski definition) is 1. The SMILES string of the molecule is CCN(CC)C(N)=NCCCCOC(C)C. The van der Waals surface area contributed by atoms with Gasteiger partial charge < -0.3 is 15.4 Å². The number of rotatable bonds is 8. The van der Waals surface area contributed by atoms with Crippen molar-refractivity contribution in [3.8, 4) is 0 Å². The topological polar surface area (TPSA) is 50.8 Å². The summed E-state index contributed by atoms with van der Waals surface area (Å²) in [7, 11) is 0. The van der Waals surface area contributed by atoms with Crippen LogP contribution in [0.1, 0.15) is 40.5 Å². The molecule has 2 N–H and O–H groups in total. The Labute approximate surface area is 99.9 Å². The van der Waals surface area contributed by atoms with Gasteiger partial charge in [-0.2, -0.15) is 0 Å². The number of nitrogens with two attached hydrogens (primary N) is 1. The van der Waals surface area contributed by atoms with E-state index in [0.717, 1.165) is 39.1 Å². The summed E-state index contributed by atoms with van der Waals surface area (Å²) in [4.78, 5) is 6.41. The van der Waals surface area contributed by atoms with Gasteiger partial charge in [-0.25, -0.2) is 0 Å². The van der Waals surface area contributed by atoms with E-state index in [-0.39, 0.29) is 0 Å². The summed E-state index contributed by atoms with van der Waals surface area (Å²) < 4.78 is 5.45. The number of unbranched alkanes of at least 4 members (excludes halogenated alkanes) is 1. The first kappa shape index (κ1) is 15.2. The van der Waals surface area contributed by atoms with E-state index in [1.54, 1.807) is 0 Å². The molecule has 0 atom stereocenters. The maximum absolute atomic E-state index is 5.85. The van der Waals surface area contributed by atoms with Gasteiger partial charge in [-0.3, -0.25) is 4.99 Å². The molecule has 0 radical (unpaired) electrons. The molecule has 0 aliphatic heterocycles. The van der Waals surface area contributed by atoms with E-state index < -0.39 is 0 Å². The third kappa shape index (κ3) is 7.51. The predicted octanol–water partition coefficient (Wildman–Crippen LogP) is 1.85. The summed E-state index contributed by atoms with van der Waals surface area (Å²) in [6, 6.07) is 0. The highest BCUT2D eigenvalue weighted by Gasteiger charge is 2.00. The van der Waals surface area contributed by atoms with Crippen LogP contribution in [0.3, 0.4) is 0 Å². The van der Waals surface area contributed by atoms with Crippen molar-refractivity contribution >= 4 is 5.96 Å². The Morgan fingerprint density at radius 2 is 1.88 bits per heavy atom. The Balaban J connectivity index is 3.58. The minimum atomic E-state index is 0.323.